The lowest BCUT2D eigenvalue weighted by molar-refractivity contribution is 0.405. The van der Waals surface area contributed by atoms with Gasteiger partial charge in [-0.05, 0) is 35.6 Å². The van der Waals surface area contributed by atoms with Crippen molar-refractivity contribution >= 4 is 0 Å². The van der Waals surface area contributed by atoms with Crippen molar-refractivity contribution in [1.82, 2.24) is 5.43 Å². The molecule has 21 heavy (non-hydrogen) atoms. The van der Waals surface area contributed by atoms with Crippen molar-refractivity contribution < 1.29 is 4.74 Å². The van der Waals surface area contributed by atoms with E-state index in [0.717, 1.165) is 24.2 Å². The molecule has 1 unspecified atom stereocenters. The van der Waals surface area contributed by atoms with Crippen molar-refractivity contribution in [3.05, 3.63) is 65.2 Å². The third-order valence-corrected chi connectivity index (χ3v) is 3.74. The number of hydrogen-bond donors (Lipinski definition) is 2. The number of hydrogen-bond acceptors (Lipinski definition) is 3. The van der Waals surface area contributed by atoms with Gasteiger partial charge < -0.3 is 4.74 Å². The summed E-state index contributed by atoms with van der Waals surface area (Å²) < 4.78 is 5.41. The summed E-state index contributed by atoms with van der Waals surface area (Å²) in [6.07, 6.45) is 3.08. The molecule has 0 radical (unpaired) electrons. The van der Waals surface area contributed by atoms with Gasteiger partial charge in [0.2, 0.25) is 0 Å². The molecular formula is C18H24N2O. The lowest BCUT2D eigenvalue weighted by atomic mass is 9.97. The molecule has 0 fully saturated rings. The van der Waals surface area contributed by atoms with Crippen LogP contribution in [0, 0.1) is 0 Å². The molecule has 0 aromatic heterocycles. The largest absolute Gasteiger partial charge is 0.496 e. The molecule has 112 valence electrons. The molecule has 3 N–H and O–H groups in total. The summed E-state index contributed by atoms with van der Waals surface area (Å²) in [5, 5.41) is 0. The highest BCUT2D eigenvalue weighted by atomic mass is 16.5. The average Bonchev–Trinajstić information content (AvgIpc) is 2.54. The fourth-order valence-corrected chi connectivity index (χ4v) is 2.57. The lowest BCUT2D eigenvalue weighted by Crippen LogP contribution is -2.29. The number of hydrazine groups is 1. The SMILES string of the molecule is CCCc1ccc(C(Cc2ccccc2OC)NN)cc1. The zero-order chi connectivity index (χ0) is 15.1. The zero-order valence-corrected chi connectivity index (χ0v) is 12.8. The Hall–Kier alpha value is -1.84. The number of aryl methyl sites for hydroxylation is 1. The molecule has 3 heteroatoms. The van der Waals surface area contributed by atoms with Crippen molar-refractivity contribution in [3.8, 4) is 5.75 Å². The second-order valence-electron chi connectivity index (χ2n) is 5.23. The molecule has 2 aromatic rings. The van der Waals surface area contributed by atoms with Crippen molar-refractivity contribution in [2.75, 3.05) is 7.11 Å². The highest BCUT2D eigenvalue weighted by molar-refractivity contribution is 5.35. The summed E-state index contributed by atoms with van der Waals surface area (Å²) in [5.41, 5.74) is 6.63. The fraction of sp³-hybridized carbons (Fsp3) is 0.333. The second-order valence-corrected chi connectivity index (χ2v) is 5.23. The smallest absolute Gasteiger partial charge is 0.122 e. The van der Waals surface area contributed by atoms with Crippen LogP contribution in [-0.4, -0.2) is 7.11 Å². The minimum atomic E-state index is 0.0805. The van der Waals surface area contributed by atoms with Gasteiger partial charge >= 0.3 is 0 Å². The number of rotatable bonds is 7. The van der Waals surface area contributed by atoms with Gasteiger partial charge in [-0.25, -0.2) is 0 Å². The minimum Gasteiger partial charge on any atom is -0.496 e. The van der Waals surface area contributed by atoms with E-state index in [1.54, 1.807) is 7.11 Å². The summed E-state index contributed by atoms with van der Waals surface area (Å²) in [6.45, 7) is 2.19. The van der Waals surface area contributed by atoms with E-state index < -0.39 is 0 Å². The molecule has 2 aromatic carbocycles. The van der Waals surface area contributed by atoms with Crippen LogP contribution in [0.3, 0.4) is 0 Å². The molecule has 2 rings (SSSR count). The van der Waals surface area contributed by atoms with Crippen LogP contribution >= 0.6 is 0 Å². The third kappa shape index (κ3) is 4.06. The fourth-order valence-electron chi connectivity index (χ4n) is 2.57. The summed E-state index contributed by atoms with van der Waals surface area (Å²) in [4.78, 5) is 0. The van der Waals surface area contributed by atoms with Crippen molar-refractivity contribution in [1.29, 1.82) is 0 Å². The maximum Gasteiger partial charge on any atom is 0.122 e. The Labute approximate surface area is 127 Å². The molecular weight excluding hydrogens is 260 g/mol. The monoisotopic (exact) mass is 284 g/mol. The first kappa shape index (κ1) is 15.5. The van der Waals surface area contributed by atoms with Gasteiger partial charge in [-0.15, -0.1) is 0 Å². The van der Waals surface area contributed by atoms with Crippen LogP contribution in [0.25, 0.3) is 0 Å². The molecule has 0 bridgehead atoms. The predicted octanol–water partition coefficient (Wildman–Crippen LogP) is 3.39. The number of nitrogens with one attached hydrogen (secondary N) is 1. The van der Waals surface area contributed by atoms with Crippen LogP contribution in [0.2, 0.25) is 0 Å². The van der Waals surface area contributed by atoms with Crippen LogP contribution in [-0.2, 0) is 12.8 Å². The first-order valence-electron chi connectivity index (χ1n) is 7.45. The molecule has 0 saturated heterocycles. The van der Waals surface area contributed by atoms with Gasteiger partial charge in [-0.2, -0.15) is 0 Å². The Balaban J connectivity index is 2.15. The van der Waals surface area contributed by atoms with E-state index in [4.69, 9.17) is 10.6 Å². The summed E-state index contributed by atoms with van der Waals surface area (Å²) >= 11 is 0. The highest BCUT2D eigenvalue weighted by Crippen LogP contribution is 2.24. The molecule has 0 spiro atoms. The van der Waals surface area contributed by atoms with Crippen LogP contribution < -0.4 is 16.0 Å². The van der Waals surface area contributed by atoms with Crippen LogP contribution in [0.1, 0.15) is 36.1 Å². The molecule has 0 aliphatic rings. The molecule has 1 atom stereocenters. The van der Waals surface area contributed by atoms with E-state index in [1.807, 2.05) is 18.2 Å². The van der Waals surface area contributed by atoms with Gasteiger partial charge in [0.1, 0.15) is 5.75 Å². The van der Waals surface area contributed by atoms with Crippen molar-refractivity contribution in [2.24, 2.45) is 5.84 Å². The van der Waals surface area contributed by atoms with Gasteiger partial charge in [0, 0.05) is 0 Å². The molecule has 0 aliphatic carbocycles. The number of ether oxygens (including phenoxy) is 1. The van der Waals surface area contributed by atoms with Gasteiger partial charge in [-0.3, -0.25) is 11.3 Å². The van der Waals surface area contributed by atoms with Gasteiger partial charge in [0.25, 0.3) is 0 Å². The summed E-state index contributed by atoms with van der Waals surface area (Å²) in [5.74, 6) is 6.65. The average molecular weight is 284 g/mol. The van der Waals surface area contributed by atoms with Crippen LogP contribution in [0.4, 0.5) is 0 Å². The van der Waals surface area contributed by atoms with Gasteiger partial charge in [-0.1, -0.05) is 55.8 Å². The molecule has 0 saturated carbocycles. The van der Waals surface area contributed by atoms with Crippen molar-refractivity contribution in [2.45, 2.75) is 32.2 Å². The molecule has 0 amide bonds. The van der Waals surface area contributed by atoms with E-state index in [2.05, 4.69) is 42.7 Å². The quantitative estimate of drug-likeness (QED) is 0.605. The molecule has 0 heterocycles. The number of para-hydroxylation sites is 1. The molecule has 0 aliphatic heterocycles. The number of benzene rings is 2. The highest BCUT2D eigenvalue weighted by Gasteiger charge is 2.13. The summed E-state index contributed by atoms with van der Waals surface area (Å²) in [7, 11) is 1.70. The Morgan fingerprint density at radius 1 is 1.10 bits per heavy atom. The maximum atomic E-state index is 5.75. The Bertz CT molecular complexity index is 551. The number of methoxy groups -OCH3 is 1. The summed E-state index contributed by atoms with van der Waals surface area (Å²) in [6, 6.07) is 16.8. The maximum absolute atomic E-state index is 5.75. The topological polar surface area (TPSA) is 47.3 Å². The standard InChI is InChI=1S/C18H24N2O/c1-3-6-14-9-11-15(12-10-14)17(20-19)13-16-7-4-5-8-18(16)21-2/h4-5,7-12,17,20H,3,6,13,19H2,1-2H3. The third-order valence-electron chi connectivity index (χ3n) is 3.74. The van der Waals surface area contributed by atoms with E-state index in [1.165, 1.54) is 17.5 Å². The number of nitrogens with two attached hydrogens (primary N) is 1. The van der Waals surface area contributed by atoms with E-state index in [9.17, 15) is 0 Å². The first-order valence-corrected chi connectivity index (χ1v) is 7.45. The van der Waals surface area contributed by atoms with Gasteiger partial charge in [0.05, 0.1) is 13.2 Å². The van der Waals surface area contributed by atoms with Crippen LogP contribution in [0.15, 0.2) is 48.5 Å². The second kappa shape index (κ2) is 7.81. The van der Waals surface area contributed by atoms with Crippen LogP contribution in [0.5, 0.6) is 5.75 Å². The minimum absolute atomic E-state index is 0.0805. The van der Waals surface area contributed by atoms with E-state index in [0.29, 0.717) is 0 Å². The normalized spacial score (nSPS) is 12.1. The van der Waals surface area contributed by atoms with Crippen molar-refractivity contribution in [3.63, 3.8) is 0 Å². The first-order chi connectivity index (χ1) is 10.3. The van der Waals surface area contributed by atoms with E-state index >= 15 is 0 Å². The Morgan fingerprint density at radius 2 is 1.81 bits per heavy atom. The van der Waals surface area contributed by atoms with Gasteiger partial charge in [0.15, 0.2) is 0 Å². The van der Waals surface area contributed by atoms with E-state index in [-0.39, 0.29) is 6.04 Å². The lowest BCUT2D eigenvalue weighted by Gasteiger charge is -2.18. The predicted molar refractivity (Wildman–Crippen MR) is 87.2 cm³/mol. The Morgan fingerprint density at radius 3 is 2.43 bits per heavy atom. The Kier molecular flexibility index (Phi) is 5.78. The zero-order valence-electron chi connectivity index (χ0n) is 12.8. The molecule has 3 nitrogen and oxygen atoms in total.